The maximum Gasteiger partial charge on any atom is 0.0202 e. The van der Waals surface area contributed by atoms with Crippen molar-refractivity contribution in [2.45, 2.75) is 20.4 Å². The van der Waals surface area contributed by atoms with Crippen molar-refractivity contribution in [3.8, 4) is 0 Å². The molecule has 1 aromatic rings. The predicted octanol–water partition coefficient (Wildman–Crippen LogP) is 2.85. The second kappa shape index (κ2) is 10.5. The largest absolute Gasteiger partial charge is 0.316 e. The SMILES string of the molecule is CC.CNCc1ccccc1.Cl. The summed E-state index contributed by atoms with van der Waals surface area (Å²) in [5.74, 6) is 0. The van der Waals surface area contributed by atoms with Gasteiger partial charge in [0.05, 0.1) is 0 Å². The lowest BCUT2D eigenvalue weighted by Gasteiger charge is -1.95. The average Bonchev–Trinajstić information content (AvgIpc) is 2.11. The van der Waals surface area contributed by atoms with E-state index in [2.05, 4.69) is 17.4 Å². The first-order chi connectivity index (χ1) is 5.43. The molecule has 1 nitrogen and oxygen atoms in total. The van der Waals surface area contributed by atoms with E-state index in [-0.39, 0.29) is 12.4 Å². The van der Waals surface area contributed by atoms with Gasteiger partial charge in [-0.25, -0.2) is 0 Å². The summed E-state index contributed by atoms with van der Waals surface area (Å²) in [5, 5.41) is 3.08. The van der Waals surface area contributed by atoms with Crippen LogP contribution in [0, 0.1) is 0 Å². The van der Waals surface area contributed by atoms with Gasteiger partial charge in [-0.1, -0.05) is 44.2 Å². The van der Waals surface area contributed by atoms with E-state index in [1.165, 1.54) is 5.56 Å². The third-order valence-electron chi connectivity index (χ3n) is 1.22. The Labute approximate surface area is 81.6 Å². The van der Waals surface area contributed by atoms with Crippen LogP contribution in [0.5, 0.6) is 0 Å². The first-order valence-electron chi connectivity index (χ1n) is 4.12. The fraction of sp³-hybridized carbons (Fsp3) is 0.400. The Kier molecular flexibility index (Phi) is 12.2. The molecular formula is C10H18ClN. The maximum atomic E-state index is 3.08. The molecule has 0 aromatic heterocycles. The molecule has 0 aliphatic rings. The molecule has 0 radical (unpaired) electrons. The van der Waals surface area contributed by atoms with Crippen LogP contribution in [-0.4, -0.2) is 7.05 Å². The van der Waals surface area contributed by atoms with Crippen LogP contribution in [0.25, 0.3) is 0 Å². The Hall–Kier alpha value is -0.530. The quantitative estimate of drug-likeness (QED) is 0.751. The first kappa shape index (κ1) is 14.0. The Morgan fingerprint density at radius 3 is 2.00 bits per heavy atom. The third kappa shape index (κ3) is 6.20. The lowest BCUT2D eigenvalue weighted by atomic mass is 10.2. The minimum absolute atomic E-state index is 0. The minimum Gasteiger partial charge on any atom is -0.316 e. The predicted molar refractivity (Wildman–Crippen MR) is 57.8 cm³/mol. The van der Waals surface area contributed by atoms with E-state index in [4.69, 9.17) is 0 Å². The molecule has 1 aromatic carbocycles. The Balaban J connectivity index is 0. The molecule has 0 unspecified atom stereocenters. The first-order valence-corrected chi connectivity index (χ1v) is 4.12. The highest BCUT2D eigenvalue weighted by Gasteiger charge is 1.83. The second-order valence-electron chi connectivity index (χ2n) is 2.02. The molecule has 12 heavy (non-hydrogen) atoms. The molecule has 1 rings (SSSR count). The number of nitrogens with one attached hydrogen (secondary N) is 1. The van der Waals surface area contributed by atoms with E-state index in [0.29, 0.717) is 0 Å². The standard InChI is InChI=1S/C8H11N.C2H6.ClH/c1-9-7-8-5-3-2-4-6-8;1-2;/h2-6,9H,7H2,1H3;1-2H3;1H. The smallest absolute Gasteiger partial charge is 0.0202 e. The molecule has 0 saturated heterocycles. The van der Waals surface area contributed by atoms with Crippen LogP contribution in [0.15, 0.2) is 30.3 Å². The molecule has 0 atom stereocenters. The van der Waals surface area contributed by atoms with Gasteiger partial charge in [-0.3, -0.25) is 0 Å². The fourth-order valence-electron chi connectivity index (χ4n) is 0.800. The van der Waals surface area contributed by atoms with Crippen LogP contribution < -0.4 is 5.32 Å². The zero-order chi connectivity index (χ0) is 8.53. The van der Waals surface area contributed by atoms with Gasteiger partial charge in [0, 0.05) is 6.54 Å². The molecule has 0 fully saturated rings. The monoisotopic (exact) mass is 187 g/mol. The fourth-order valence-corrected chi connectivity index (χ4v) is 0.800. The van der Waals surface area contributed by atoms with Gasteiger partial charge in [0.2, 0.25) is 0 Å². The Morgan fingerprint density at radius 2 is 1.58 bits per heavy atom. The van der Waals surface area contributed by atoms with Crippen LogP contribution in [0.3, 0.4) is 0 Å². The molecular weight excluding hydrogens is 170 g/mol. The molecule has 0 saturated carbocycles. The molecule has 0 spiro atoms. The van der Waals surface area contributed by atoms with Gasteiger partial charge >= 0.3 is 0 Å². The van der Waals surface area contributed by atoms with Gasteiger partial charge in [0.1, 0.15) is 0 Å². The van der Waals surface area contributed by atoms with E-state index in [1.807, 2.05) is 39.1 Å². The highest BCUT2D eigenvalue weighted by atomic mass is 35.5. The summed E-state index contributed by atoms with van der Waals surface area (Å²) >= 11 is 0. The zero-order valence-electron chi connectivity index (χ0n) is 8.00. The lowest BCUT2D eigenvalue weighted by Crippen LogP contribution is -2.04. The molecule has 0 aliphatic heterocycles. The van der Waals surface area contributed by atoms with Crippen LogP contribution in [0.4, 0.5) is 0 Å². The van der Waals surface area contributed by atoms with Gasteiger partial charge in [-0.2, -0.15) is 0 Å². The van der Waals surface area contributed by atoms with Gasteiger partial charge < -0.3 is 5.32 Å². The molecule has 1 N–H and O–H groups in total. The van der Waals surface area contributed by atoms with E-state index in [1.54, 1.807) is 0 Å². The van der Waals surface area contributed by atoms with E-state index < -0.39 is 0 Å². The zero-order valence-corrected chi connectivity index (χ0v) is 8.82. The van der Waals surface area contributed by atoms with Gasteiger partial charge in [-0.05, 0) is 12.6 Å². The van der Waals surface area contributed by atoms with Crippen molar-refractivity contribution in [1.82, 2.24) is 5.32 Å². The highest BCUT2D eigenvalue weighted by Crippen LogP contribution is 1.95. The number of hydrogen-bond donors (Lipinski definition) is 1. The van der Waals surface area contributed by atoms with Crippen LogP contribution in [0.2, 0.25) is 0 Å². The number of halogens is 1. The highest BCUT2D eigenvalue weighted by molar-refractivity contribution is 5.85. The molecule has 70 valence electrons. The number of rotatable bonds is 2. The second-order valence-corrected chi connectivity index (χ2v) is 2.02. The van der Waals surface area contributed by atoms with Crippen LogP contribution in [-0.2, 0) is 6.54 Å². The van der Waals surface area contributed by atoms with Crippen molar-refractivity contribution in [3.63, 3.8) is 0 Å². The Bertz CT molecular complexity index is 163. The molecule has 2 heteroatoms. The number of hydrogen-bond acceptors (Lipinski definition) is 1. The van der Waals surface area contributed by atoms with Crippen LogP contribution in [0.1, 0.15) is 19.4 Å². The maximum absolute atomic E-state index is 3.08. The summed E-state index contributed by atoms with van der Waals surface area (Å²) in [7, 11) is 1.95. The summed E-state index contributed by atoms with van der Waals surface area (Å²) in [4.78, 5) is 0. The Morgan fingerprint density at radius 1 is 1.08 bits per heavy atom. The van der Waals surface area contributed by atoms with Crippen molar-refractivity contribution in [3.05, 3.63) is 35.9 Å². The summed E-state index contributed by atoms with van der Waals surface area (Å²) in [6.45, 7) is 4.96. The summed E-state index contributed by atoms with van der Waals surface area (Å²) < 4.78 is 0. The van der Waals surface area contributed by atoms with Crippen molar-refractivity contribution < 1.29 is 0 Å². The van der Waals surface area contributed by atoms with Gasteiger partial charge in [0.15, 0.2) is 0 Å². The summed E-state index contributed by atoms with van der Waals surface area (Å²) in [6, 6.07) is 10.3. The van der Waals surface area contributed by atoms with Gasteiger partial charge in [0.25, 0.3) is 0 Å². The molecule has 0 heterocycles. The van der Waals surface area contributed by atoms with Crippen molar-refractivity contribution in [1.29, 1.82) is 0 Å². The topological polar surface area (TPSA) is 12.0 Å². The van der Waals surface area contributed by atoms with Crippen molar-refractivity contribution in [2.24, 2.45) is 0 Å². The van der Waals surface area contributed by atoms with Crippen molar-refractivity contribution >= 4 is 12.4 Å². The summed E-state index contributed by atoms with van der Waals surface area (Å²) in [5.41, 5.74) is 1.33. The lowest BCUT2D eigenvalue weighted by molar-refractivity contribution is 0.818. The van der Waals surface area contributed by atoms with E-state index in [0.717, 1.165) is 6.54 Å². The normalized spacial score (nSPS) is 7.58. The minimum atomic E-state index is 0. The summed E-state index contributed by atoms with van der Waals surface area (Å²) in [6.07, 6.45) is 0. The molecule has 0 bridgehead atoms. The average molecular weight is 188 g/mol. The molecule has 0 amide bonds. The van der Waals surface area contributed by atoms with Crippen LogP contribution >= 0.6 is 12.4 Å². The van der Waals surface area contributed by atoms with Crippen molar-refractivity contribution in [2.75, 3.05) is 7.05 Å². The molecule has 0 aliphatic carbocycles. The van der Waals surface area contributed by atoms with E-state index in [9.17, 15) is 0 Å². The van der Waals surface area contributed by atoms with E-state index >= 15 is 0 Å². The number of benzene rings is 1. The van der Waals surface area contributed by atoms with Gasteiger partial charge in [-0.15, -0.1) is 12.4 Å². The third-order valence-corrected chi connectivity index (χ3v) is 1.22.